The standard InChI is InChI=1S/C19H21NO3S2/c1-3-9-16-10-5-6-11-18(16)23-15-8-7-14-20-25(21,22)19-13-12-17(4-2)24-19/h3,5-6,10-13,20H,1,4,9,14-15H2,2H3. The van der Waals surface area contributed by atoms with Crippen LogP contribution >= 0.6 is 11.3 Å². The molecule has 25 heavy (non-hydrogen) atoms. The molecule has 2 rings (SSSR count). The van der Waals surface area contributed by atoms with E-state index in [2.05, 4.69) is 23.1 Å². The van der Waals surface area contributed by atoms with Crippen molar-refractivity contribution in [2.75, 3.05) is 13.2 Å². The number of aryl methyl sites for hydroxylation is 1. The van der Waals surface area contributed by atoms with E-state index in [1.165, 1.54) is 11.3 Å². The first-order valence-electron chi connectivity index (χ1n) is 7.92. The Morgan fingerprint density at radius 1 is 1.24 bits per heavy atom. The van der Waals surface area contributed by atoms with Gasteiger partial charge < -0.3 is 4.74 Å². The van der Waals surface area contributed by atoms with Crippen LogP contribution in [0.4, 0.5) is 0 Å². The van der Waals surface area contributed by atoms with Gasteiger partial charge in [-0.2, -0.15) is 4.72 Å². The number of para-hydroxylation sites is 1. The second kappa shape index (κ2) is 9.42. The van der Waals surface area contributed by atoms with Gasteiger partial charge in [0.2, 0.25) is 0 Å². The second-order valence-electron chi connectivity index (χ2n) is 5.14. The van der Waals surface area contributed by atoms with Gasteiger partial charge in [-0.15, -0.1) is 17.9 Å². The van der Waals surface area contributed by atoms with Crippen LogP contribution in [0.1, 0.15) is 17.4 Å². The van der Waals surface area contributed by atoms with Crippen molar-refractivity contribution in [2.45, 2.75) is 24.0 Å². The Hall–Kier alpha value is -2.07. The topological polar surface area (TPSA) is 55.4 Å². The van der Waals surface area contributed by atoms with Crippen molar-refractivity contribution < 1.29 is 13.2 Å². The molecule has 1 heterocycles. The number of benzene rings is 1. The lowest BCUT2D eigenvalue weighted by molar-refractivity contribution is 0.366. The third-order valence-electron chi connectivity index (χ3n) is 3.36. The molecule has 0 aliphatic rings. The van der Waals surface area contributed by atoms with Gasteiger partial charge >= 0.3 is 0 Å². The summed E-state index contributed by atoms with van der Waals surface area (Å²) in [6.45, 7) is 5.98. The van der Waals surface area contributed by atoms with Crippen LogP contribution in [0.2, 0.25) is 0 Å². The molecule has 0 amide bonds. The fourth-order valence-corrected chi connectivity index (χ4v) is 4.35. The van der Waals surface area contributed by atoms with E-state index in [9.17, 15) is 8.42 Å². The molecule has 6 heteroatoms. The summed E-state index contributed by atoms with van der Waals surface area (Å²) >= 11 is 1.28. The first-order valence-corrected chi connectivity index (χ1v) is 10.2. The highest BCUT2D eigenvalue weighted by Gasteiger charge is 2.15. The zero-order chi connectivity index (χ0) is 18.1. The van der Waals surface area contributed by atoms with Gasteiger partial charge in [0.05, 0.1) is 6.54 Å². The summed E-state index contributed by atoms with van der Waals surface area (Å²) in [5, 5.41) is 0. The molecule has 4 nitrogen and oxygen atoms in total. The van der Waals surface area contributed by atoms with E-state index in [0.29, 0.717) is 4.21 Å². The maximum Gasteiger partial charge on any atom is 0.250 e. The van der Waals surface area contributed by atoms with Gasteiger partial charge in [-0.1, -0.05) is 43.0 Å². The molecule has 0 bridgehead atoms. The van der Waals surface area contributed by atoms with E-state index in [1.54, 1.807) is 6.07 Å². The molecule has 132 valence electrons. The summed E-state index contributed by atoms with van der Waals surface area (Å²) in [5.41, 5.74) is 1.05. The summed E-state index contributed by atoms with van der Waals surface area (Å²) in [6.07, 6.45) is 3.37. The number of thiophene rings is 1. The molecule has 0 unspecified atom stereocenters. The fourth-order valence-electron chi connectivity index (χ4n) is 2.09. The lowest BCUT2D eigenvalue weighted by Gasteiger charge is -2.07. The van der Waals surface area contributed by atoms with Crippen molar-refractivity contribution in [3.8, 4) is 17.6 Å². The highest BCUT2D eigenvalue weighted by atomic mass is 32.2. The van der Waals surface area contributed by atoms with Gasteiger partial charge in [-0.25, -0.2) is 8.42 Å². The molecule has 0 atom stereocenters. The average molecular weight is 376 g/mol. The molecule has 0 fully saturated rings. The molecule has 1 aromatic heterocycles. The lowest BCUT2D eigenvalue weighted by Crippen LogP contribution is -2.23. The van der Waals surface area contributed by atoms with Gasteiger partial charge in [0.15, 0.2) is 0 Å². The molecular weight excluding hydrogens is 354 g/mol. The number of hydrogen-bond donors (Lipinski definition) is 1. The van der Waals surface area contributed by atoms with Crippen LogP contribution in [0.3, 0.4) is 0 Å². The van der Waals surface area contributed by atoms with Gasteiger partial charge in [0.25, 0.3) is 10.0 Å². The second-order valence-corrected chi connectivity index (χ2v) is 8.30. The minimum Gasteiger partial charge on any atom is -0.481 e. The summed E-state index contributed by atoms with van der Waals surface area (Å²) in [6, 6.07) is 11.2. The maximum absolute atomic E-state index is 12.1. The van der Waals surface area contributed by atoms with Gasteiger partial charge in [-0.05, 0) is 36.6 Å². The molecule has 2 aromatic rings. The Morgan fingerprint density at radius 2 is 2.04 bits per heavy atom. The van der Waals surface area contributed by atoms with Gasteiger partial charge in [-0.3, -0.25) is 0 Å². The van der Waals surface area contributed by atoms with Crippen LogP contribution in [0, 0.1) is 11.8 Å². The monoisotopic (exact) mass is 375 g/mol. The van der Waals surface area contributed by atoms with E-state index < -0.39 is 10.0 Å². The van der Waals surface area contributed by atoms with Gasteiger partial charge in [0, 0.05) is 4.88 Å². The number of allylic oxidation sites excluding steroid dienone is 1. The highest BCUT2D eigenvalue weighted by Crippen LogP contribution is 2.21. The Balaban J connectivity index is 1.84. The van der Waals surface area contributed by atoms with Crippen molar-refractivity contribution >= 4 is 21.4 Å². The first-order chi connectivity index (χ1) is 12.1. The van der Waals surface area contributed by atoms with E-state index in [-0.39, 0.29) is 13.2 Å². The normalized spacial score (nSPS) is 10.8. The molecule has 0 saturated carbocycles. The highest BCUT2D eigenvalue weighted by molar-refractivity contribution is 7.91. The minimum atomic E-state index is -3.49. The van der Waals surface area contributed by atoms with Crippen molar-refractivity contribution in [1.29, 1.82) is 0 Å². The molecule has 0 aliphatic heterocycles. The van der Waals surface area contributed by atoms with Crippen molar-refractivity contribution in [1.82, 2.24) is 4.72 Å². The number of ether oxygens (including phenoxy) is 1. The Morgan fingerprint density at radius 3 is 2.76 bits per heavy atom. The number of nitrogens with one attached hydrogen (secondary N) is 1. The molecule has 0 spiro atoms. The zero-order valence-electron chi connectivity index (χ0n) is 14.1. The average Bonchev–Trinajstić information content (AvgIpc) is 3.10. The van der Waals surface area contributed by atoms with Crippen LogP contribution in [-0.4, -0.2) is 21.6 Å². The Kier molecular flexibility index (Phi) is 7.26. The largest absolute Gasteiger partial charge is 0.481 e. The molecule has 1 N–H and O–H groups in total. The fraction of sp³-hybridized carbons (Fsp3) is 0.263. The Bertz CT molecular complexity index is 873. The van der Waals surface area contributed by atoms with E-state index in [4.69, 9.17) is 4.74 Å². The minimum absolute atomic E-state index is 0.0549. The quantitative estimate of drug-likeness (QED) is 0.568. The summed E-state index contributed by atoms with van der Waals surface area (Å²) < 4.78 is 32.7. The molecular formula is C19H21NO3S2. The predicted octanol–water partition coefficient (Wildman–Crippen LogP) is 3.40. The number of sulfonamides is 1. The molecule has 1 aromatic carbocycles. The van der Waals surface area contributed by atoms with Crippen LogP contribution < -0.4 is 9.46 Å². The van der Waals surface area contributed by atoms with Crippen molar-refractivity contribution in [2.24, 2.45) is 0 Å². The van der Waals surface area contributed by atoms with Crippen LogP contribution in [-0.2, 0) is 22.9 Å². The maximum atomic E-state index is 12.1. The number of rotatable bonds is 8. The molecule has 0 aliphatic carbocycles. The van der Waals surface area contributed by atoms with E-state index >= 15 is 0 Å². The van der Waals surface area contributed by atoms with Crippen LogP contribution in [0.15, 0.2) is 53.3 Å². The molecule has 0 radical (unpaired) electrons. The summed E-state index contributed by atoms with van der Waals surface area (Å²) in [5.74, 6) is 6.36. The van der Waals surface area contributed by atoms with Crippen LogP contribution in [0.25, 0.3) is 0 Å². The SMILES string of the molecule is C=CCc1ccccc1OCC#CCNS(=O)(=O)c1ccc(CC)s1. The summed E-state index contributed by atoms with van der Waals surface area (Å²) in [7, 11) is -3.49. The van der Waals surface area contributed by atoms with Crippen molar-refractivity contribution in [3.05, 3.63) is 59.5 Å². The van der Waals surface area contributed by atoms with Crippen molar-refractivity contribution in [3.63, 3.8) is 0 Å². The third-order valence-corrected chi connectivity index (χ3v) is 6.49. The first kappa shape index (κ1) is 19.3. The lowest BCUT2D eigenvalue weighted by atomic mass is 10.1. The smallest absolute Gasteiger partial charge is 0.250 e. The Labute approximate surface area is 153 Å². The van der Waals surface area contributed by atoms with E-state index in [1.807, 2.05) is 43.3 Å². The third kappa shape index (κ3) is 5.75. The number of hydrogen-bond acceptors (Lipinski definition) is 4. The summed E-state index contributed by atoms with van der Waals surface area (Å²) in [4.78, 5) is 1.04. The zero-order valence-corrected chi connectivity index (χ0v) is 15.8. The van der Waals surface area contributed by atoms with Crippen LogP contribution in [0.5, 0.6) is 5.75 Å². The van der Waals surface area contributed by atoms with E-state index in [0.717, 1.165) is 29.0 Å². The predicted molar refractivity (Wildman–Crippen MR) is 102 cm³/mol. The molecule has 0 saturated heterocycles. The van der Waals surface area contributed by atoms with Gasteiger partial charge in [0.1, 0.15) is 16.6 Å².